The third kappa shape index (κ3) is 4.54. The van der Waals surface area contributed by atoms with Crippen LogP contribution in [0.4, 0.5) is 10.5 Å². The lowest BCUT2D eigenvalue weighted by atomic mass is 10.0. The van der Waals surface area contributed by atoms with E-state index in [1.807, 2.05) is 66.7 Å². The number of carbonyl (C=O) groups excluding carboxylic acids is 3. The maximum Gasteiger partial charge on any atom is 0.294 e. The van der Waals surface area contributed by atoms with E-state index in [1.54, 1.807) is 6.08 Å². The Labute approximate surface area is 185 Å². The number of fused-ring (bicyclic) bond motifs is 1. The lowest BCUT2D eigenvalue weighted by Gasteiger charge is -2.13. The van der Waals surface area contributed by atoms with Crippen LogP contribution in [0.3, 0.4) is 0 Å². The van der Waals surface area contributed by atoms with Crippen LogP contribution in [0.25, 0.3) is 16.8 Å². The highest BCUT2D eigenvalue weighted by molar-refractivity contribution is 8.18. The molecule has 0 aliphatic carbocycles. The summed E-state index contributed by atoms with van der Waals surface area (Å²) in [6.45, 7) is 3.88. The van der Waals surface area contributed by atoms with Gasteiger partial charge < -0.3 is 5.32 Å². The molecule has 1 aliphatic rings. The molecule has 3 aromatic carbocycles. The van der Waals surface area contributed by atoms with Gasteiger partial charge in [0.2, 0.25) is 5.91 Å². The quantitative estimate of drug-likeness (QED) is 0.532. The number of imide groups is 1. The predicted octanol–water partition coefficient (Wildman–Crippen LogP) is 5.64. The summed E-state index contributed by atoms with van der Waals surface area (Å²) in [4.78, 5) is 38.9. The van der Waals surface area contributed by atoms with E-state index < -0.39 is 17.1 Å². The van der Waals surface area contributed by atoms with E-state index >= 15 is 0 Å². The topological polar surface area (TPSA) is 66.5 Å². The molecule has 3 amide bonds. The van der Waals surface area contributed by atoms with Gasteiger partial charge in [-0.25, -0.2) is 0 Å². The average Bonchev–Trinajstić information content (AvgIpc) is 3.01. The summed E-state index contributed by atoms with van der Waals surface area (Å²) < 4.78 is 0. The van der Waals surface area contributed by atoms with Gasteiger partial charge in [0, 0.05) is 5.69 Å². The maximum absolute atomic E-state index is 12.8. The summed E-state index contributed by atoms with van der Waals surface area (Å²) in [5.41, 5.74) is 2.66. The van der Waals surface area contributed by atoms with Crippen LogP contribution >= 0.6 is 11.8 Å². The number of hydrogen-bond acceptors (Lipinski definition) is 4. The first-order valence-corrected chi connectivity index (χ1v) is 10.9. The first-order chi connectivity index (χ1) is 14.9. The molecule has 1 aliphatic heterocycles. The molecule has 31 heavy (non-hydrogen) atoms. The zero-order chi connectivity index (χ0) is 22.0. The van der Waals surface area contributed by atoms with Crippen LogP contribution < -0.4 is 5.32 Å². The minimum atomic E-state index is -0.451. The Bertz CT molecular complexity index is 1190. The monoisotopic (exact) mass is 430 g/mol. The third-order valence-electron chi connectivity index (χ3n) is 5.15. The third-order valence-corrected chi connectivity index (χ3v) is 6.05. The van der Waals surface area contributed by atoms with Crippen LogP contribution in [0.1, 0.15) is 30.9 Å². The van der Waals surface area contributed by atoms with Gasteiger partial charge in [0.05, 0.1) is 4.91 Å². The molecule has 0 radical (unpaired) electrons. The molecule has 1 N–H and O–H groups in total. The van der Waals surface area contributed by atoms with Crippen LogP contribution in [0, 0.1) is 0 Å². The predicted molar refractivity (Wildman–Crippen MR) is 126 cm³/mol. The van der Waals surface area contributed by atoms with E-state index in [4.69, 9.17) is 0 Å². The molecular weight excluding hydrogens is 408 g/mol. The number of hydrogen-bond donors (Lipinski definition) is 1. The van der Waals surface area contributed by atoms with Crippen LogP contribution in [0.5, 0.6) is 0 Å². The summed E-state index contributed by atoms with van der Waals surface area (Å²) in [6.07, 6.45) is 1.72. The van der Waals surface area contributed by atoms with Crippen LogP contribution in [0.15, 0.2) is 71.6 Å². The fourth-order valence-corrected chi connectivity index (χ4v) is 4.28. The highest BCUT2D eigenvalue weighted by Gasteiger charge is 2.36. The van der Waals surface area contributed by atoms with Gasteiger partial charge in [-0.3, -0.25) is 19.3 Å². The molecule has 0 atom stereocenters. The molecule has 0 spiro atoms. The number of benzene rings is 3. The average molecular weight is 431 g/mol. The Kier molecular flexibility index (Phi) is 5.91. The van der Waals surface area contributed by atoms with Crippen LogP contribution in [-0.4, -0.2) is 28.5 Å². The number of amides is 3. The molecule has 3 aromatic rings. The van der Waals surface area contributed by atoms with E-state index in [0.29, 0.717) is 16.5 Å². The fraction of sp³-hybridized carbons (Fsp3) is 0.160. The molecule has 1 heterocycles. The Morgan fingerprint density at radius 3 is 2.45 bits per heavy atom. The smallest absolute Gasteiger partial charge is 0.294 e. The molecule has 0 unspecified atom stereocenters. The highest BCUT2D eigenvalue weighted by Crippen LogP contribution is 2.33. The van der Waals surface area contributed by atoms with Crippen molar-refractivity contribution in [2.45, 2.75) is 19.8 Å². The van der Waals surface area contributed by atoms with Crippen molar-refractivity contribution in [3.63, 3.8) is 0 Å². The first kappa shape index (κ1) is 20.9. The number of rotatable bonds is 5. The fourth-order valence-electron chi connectivity index (χ4n) is 3.45. The van der Waals surface area contributed by atoms with Crippen molar-refractivity contribution >= 4 is 51.4 Å². The number of thioether (sulfide) groups is 1. The van der Waals surface area contributed by atoms with Crippen LogP contribution in [0.2, 0.25) is 0 Å². The molecule has 5 nitrogen and oxygen atoms in total. The second-order valence-corrected chi connectivity index (χ2v) is 8.65. The molecule has 1 saturated heterocycles. The van der Waals surface area contributed by atoms with Gasteiger partial charge in [0.25, 0.3) is 11.1 Å². The first-order valence-electron chi connectivity index (χ1n) is 10.1. The molecule has 6 heteroatoms. The molecule has 0 aromatic heterocycles. The van der Waals surface area contributed by atoms with E-state index in [2.05, 4.69) is 19.2 Å². The van der Waals surface area contributed by atoms with Gasteiger partial charge >= 0.3 is 0 Å². The minimum Gasteiger partial charge on any atom is -0.325 e. The maximum atomic E-state index is 12.8. The second kappa shape index (κ2) is 8.78. The van der Waals surface area contributed by atoms with Crippen LogP contribution in [-0.2, 0) is 9.59 Å². The number of nitrogens with zero attached hydrogens (tertiary/aromatic N) is 1. The Morgan fingerprint density at radius 2 is 1.71 bits per heavy atom. The number of nitrogens with one attached hydrogen (secondary N) is 1. The summed E-state index contributed by atoms with van der Waals surface area (Å²) in [5, 5.41) is 4.36. The molecular formula is C25H22N2O3S. The van der Waals surface area contributed by atoms with E-state index in [-0.39, 0.29) is 6.54 Å². The van der Waals surface area contributed by atoms with Crippen molar-refractivity contribution in [3.05, 3.63) is 82.8 Å². The molecule has 156 valence electrons. The van der Waals surface area contributed by atoms with Crippen molar-refractivity contribution < 1.29 is 14.4 Å². The van der Waals surface area contributed by atoms with Gasteiger partial charge in [0.15, 0.2) is 0 Å². The summed E-state index contributed by atoms with van der Waals surface area (Å²) in [7, 11) is 0. The number of carbonyl (C=O) groups is 3. The van der Waals surface area contributed by atoms with Crippen molar-refractivity contribution in [1.82, 2.24) is 4.90 Å². The Morgan fingerprint density at radius 1 is 1.00 bits per heavy atom. The normalized spacial score (nSPS) is 15.3. The SMILES string of the molecule is CC(C)c1ccc(NC(=O)CN2C(=O)S/C(=C/c3cccc4ccccc34)C2=O)cc1. The highest BCUT2D eigenvalue weighted by atomic mass is 32.2. The zero-order valence-electron chi connectivity index (χ0n) is 17.3. The standard InChI is InChI=1S/C25H22N2O3S/c1-16(2)17-10-12-20(13-11-17)26-23(28)15-27-24(29)22(31-25(27)30)14-19-8-5-7-18-6-3-4-9-21(18)19/h3-14,16H,15H2,1-2H3,(H,26,28)/b22-14+. The second-order valence-electron chi connectivity index (χ2n) is 7.66. The zero-order valence-corrected chi connectivity index (χ0v) is 18.1. The van der Waals surface area contributed by atoms with Gasteiger partial charge in [-0.1, -0.05) is 68.4 Å². The van der Waals surface area contributed by atoms with Crippen molar-refractivity contribution in [3.8, 4) is 0 Å². The summed E-state index contributed by atoms with van der Waals surface area (Å²) >= 11 is 0.857. The summed E-state index contributed by atoms with van der Waals surface area (Å²) in [6, 6.07) is 21.2. The van der Waals surface area contributed by atoms with Gasteiger partial charge in [0.1, 0.15) is 6.54 Å². The molecule has 4 rings (SSSR count). The van der Waals surface area contributed by atoms with Gasteiger partial charge in [-0.2, -0.15) is 0 Å². The number of anilines is 1. The van der Waals surface area contributed by atoms with E-state index in [1.165, 1.54) is 5.56 Å². The summed E-state index contributed by atoms with van der Waals surface area (Å²) in [5.74, 6) is -0.465. The molecule has 1 fully saturated rings. The van der Waals surface area contributed by atoms with Crippen molar-refractivity contribution in [1.29, 1.82) is 0 Å². The van der Waals surface area contributed by atoms with E-state index in [9.17, 15) is 14.4 Å². The van der Waals surface area contributed by atoms with Gasteiger partial charge in [-0.05, 0) is 57.8 Å². The molecule has 0 saturated carbocycles. The van der Waals surface area contributed by atoms with Gasteiger partial charge in [-0.15, -0.1) is 0 Å². The Hall–Kier alpha value is -3.38. The van der Waals surface area contributed by atoms with E-state index in [0.717, 1.165) is 33.0 Å². The minimum absolute atomic E-state index is 0.315. The molecule has 0 bridgehead atoms. The lowest BCUT2D eigenvalue weighted by Crippen LogP contribution is -2.36. The largest absolute Gasteiger partial charge is 0.325 e. The van der Waals surface area contributed by atoms with Crippen molar-refractivity contribution in [2.24, 2.45) is 0 Å². The van der Waals surface area contributed by atoms with Crippen molar-refractivity contribution in [2.75, 3.05) is 11.9 Å². The lowest BCUT2D eigenvalue weighted by molar-refractivity contribution is -0.127. The Balaban J connectivity index is 1.48.